The van der Waals surface area contributed by atoms with Gasteiger partial charge in [-0.05, 0) is 47.0 Å². The van der Waals surface area contributed by atoms with Crippen LogP contribution in [0.2, 0.25) is 0 Å². The molecule has 20 heavy (non-hydrogen) atoms. The Labute approximate surface area is 132 Å². The van der Waals surface area contributed by atoms with E-state index in [4.69, 9.17) is 11.6 Å². The van der Waals surface area contributed by atoms with Gasteiger partial charge in [0, 0.05) is 24.0 Å². The van der Waals surface area contributed by atoms with Crippen LogP contribution in [-0.4, -0.2) is 29.3 Å². The number of amides is 1. The maximum Gasteiger partial charge on any atom is 0.254 e. The molecule has 1 amide bonds. The summed E-state index contributed by atoms with van der Waals surface area (Å²) in [5, 5.41) is 0. The van der Waals surface area contributed by atoms with Gasteiger partial charge in [0.15, 0.2) is 0 Å². The molecule has 0 radical (unpaired) electrons. The molecule has 1 aliphatic carbocycles. The minimum atomic E-state index is -0.358. The molecular weight excluding hydrogens is 345 g/mol. The van der Waals surface area contributed by atoms with E-state index in [0.717, 1.165) is 25.7 Å². The molecular formula is C15H18BrClFNO. The first-order valence-corrected chi connectivity index (χ1v) is 8.28. The molecule has 0 aliphatic heterocycles. The van der Waals surface area contributed by atoms with Crippen LogP contribution < -0.4 is 0 Å². The average molecular weight is 363 g/mol. The number of hydrogen-bond donors (Lipinski definition) is 0. The highest BCUT2D eigenvalue weighted by molar-refractivity contribution is 9.10. The van der Waals surface area contributed by atoms with Crippen LogP contribution in [0.25, 0.3) is 0 Å². The highest BCUT2D eigenvalue weighted by Gasteiger charge is 2.26. The lowest BCUT2D eigenvalue weighted by atomic mass is 9.93. The number of hydrogen-bond acceptors (Lipinski definition) is 1. The predicted molar refractivity (Wildman–Crippen MR) is 82.7 cm³/mol. The van der Waals surface area contributed by atoms with E-state index in [-0.39, 0.29) is 17.8 Å². The maximum absolute atomic E-state index is 13.3. The van der Waals surface area contributed by atoms with Crippen molar-refractivity contribution in [3.8, 4) is 0 Å². The first-order chi connectivity index (χ1) is 9.63. The lowest BCUT2D eigenvalue weighted by Gasteiger charge is -2.34. The molecule has 1 fully saturated rings. The Hall–Kier alpha value is -0.610. The Kier molecular flexibility index (Phi) is 5.85. The fraction of sp³-hybridized carbons (Fsp3) is 0.533. The summed E-state index contributed by atoms with van der Waals surface area (Å²) in [6.07, 6.45) is 5.62. The number of nitrogens with zero attached hydrogens (tertiary/aromatic N) is 1. The molecule has 110 valence electrons. The van der Waals surface area contributed by atoms with E-state index in [1.807, 2.05) is 4.90 Å². The Morgan fingerprint density at radius 3 is 2.65 bits per heavy atom. The highest BCUT2D eigenvalue weighted by atomic mass is 79.9. The van der Waals surface area contributed by atoms with Crippen molar-refractivity contribution in [2.75, 3.05) is 12.4 Å². The zero-order valence-electron chi connectivity index (χ0n) is 11.2. The van der Waals surface area contributed by atoms with Crippen LogP contribution in [0, 0.1) is 5.82 Å². The van der Waals surface area contributed by atoms with Gasteiger partial charge in [-0.15, -0.1) is 11.6 Å². The van der Waals surface area contributed by atoms with Gasteiger partial charge in [0.2, 0.25) is 0 Å². The van der Waals surface area contributed by atoms with E-state index >= 15 is 0 Å². The Balaban J connectivity index is 2.18. The Morgan fingerprint density at radius 1 is 1.35 bits per heavy atom. The number of benzene rings is 1. The van der Waals surface area contributed by atoms with Gasteiger partial charge in [0.05, 0.1) is 4.47 Å². The molecule has 1 aromatic rings. The van der Waals surface area contributed by atoms with Gasteiger partial charge in [-0.25, -0.2) is 4.39 Å². The number of carbonyl (C=O) groups excluding carboxylic acids is 1. The minimum absolute atomic E-state index is 0.0572. The summed E-state index contributed by atoms with van der Waals surface area (Å²) in [4.78, 5) is 14.5. The summed E-state index contributed by atoms with van der Waals surface area (Å²) in [6, 6.07) is 4.66. The number of carbonyl (C=O) groups is 1. The molecule has 0 heterocycles. The molecule has 5 heteroatoms. The van der Waals surface area contributed by atoms with Crippen molar-refractivity contribution in [2.45, 2.75) is 38.1 Å². The quantitative estimate of drug-likeness (QED) is 0.717. The lowest BCUT2D eigenvalue weighted by molar-refractivity contribution is 0.0649. The van der Waals surface area contributed by atoms with Gasteiger partial charge < -0.3 is 4.90 Å². The zero-order valence-corrected chi connectivity index (χ0v) is 13.6. The monoisotopic (exact) mass is 361 g/mol. The van der Waals surface area contributed by atoms with Crippen molar-refractivity contribution in [3.63, 3.8) is 0 Å². The summed E-state index contributed by atoms with van der Waals surface area (Å²) < 4.78 is 13.6. The standard InChI is InChI=1S/C15H18BrClFNO/c16-13-10-11(6-7-14(13)18)15(20)19(9-8-17)12-4-2-1-3-5-12/h6-7,10,12H,1-5,8-9H2. The third-order valence-corrected chi connectivity index (χ3v) is 4.55. The molecule has 0 N–H and O–H groups in total. The summed E-state index contributed by atoms with van der Waals surface area (Å²) >= 11 is 8.97. The van der Waals surface area contributed by atoms with Crippen molar-refractivity contribution in [2.24, 2.45) is 0 Å². The van der Waals surface area contributed by atoms with E-state index in [2.05, 4.69) is 15.9 Å². The summed E-state index contributed by atoms with van der Waals surface area (Å²) in [5.74, 6) is 0.00583. The average Bonchev–Trinajstić information content (AvgIpc) is 2.48. The SMILES string of the molecule is O=C(c1ccc(F)c(Br)c1)N(CCCl)C1CCCCC1. The molecule has 0 spiro atoms. The minimum Gasteiger partial charge on any atom is -0.334 e. The molecule has 0 atom stereocenters. The molecule has 0 saturated heterocycles. The van der Waals surface area contributed by atoms with Crippen molar-refractivity contribution >= 4 is 33.4 Å². The van der Waals surface area contributed by atoms with Crippen LogP contribution in [0.5, 0.6) is 0 Å². The smallest absolute Gasteiger partial charge is 0.254 e. The van der Waals surface area contributed by atoms with Crippen LogP contribution in [0.15, 0.2) is 22.7 Å². The molecule has 0 aromatic heterocycles. The number of halogens is 3. The number of alkyl halides is 1. The summed E-state index contributed by atoms with van der Waals surface area (Å²) in [7, 11) is 0. The molecule has 1 aliphatic rings. The van der Waals surface area contributed by atoms with Crippen LogP contribution in [0.3, 0.4) is 0 Å². The van der Waals surface area contributed by atoms with E-state index in [9.17, 15) is 9.18 Å². The van der Waals surface area contributed by atoms with E-state index in [1.165, 1.54) is 18.6 Å². The molecule has 0 unspecified atom stereocenters. The maximum atomic E-state index is 13.3. The Morgan fingerprint density at radius 2 is 2.05 bits per heavy atom. The van der Waals surface area contributed by atoms with Gasteiger partial charge in [-0.2, -0.15) is 0 Å². The second kappa shape index (κ2) is 7.41. The van der Waals surface area contributed by atoms with Gasteiger partial charge in [-0.3, -0.25) is 4.79 Å². The van der Waals surface area contributed by atoms with Gasteiger partial charge in [0.25, 0.3) is 5.91 Å². The van der Waals surface area contributed by atoms with Crippen molar-refractivity contribution in [1.29, 1.82) is 0 Å². The summed E-state index contributed by atoms with van der Waals surface area (Å²) in [5.41, 5.74) is 0.508. The van der Waals surface area contributed by atoms with Gasteiger partial charge in [0.1, 0.15) is 5.82 Å². The zero-order chi connectivity index (χ0) is 14.5. The van der Waals surface area contributed by atoms with Crippen molar-refractivity contribution in [3.05, 3.63) is 34.1 Å². The molecule has 2 rings (SSSR count). The highest BCUT2D eigenvalue weighted by Crippen LogP contribution is 2.25. The Bertz CT molecular complexity index is 477. The molecule has 2 nitrogen and oxygen atoms in total. The van der Waals surface area contributed by atoms with Gasteiger partial charge >= 0.3 is 0 Å². The fourth-order valence-electron chi connectivity index (χ4n) is 2.73. The van der Waals surface area contributed by atoms with Crippen LogP contribution >= 0.6 is 27.5 Å². The molecule has 1 aromatic carbocycles. The second-order valence-electron chi connectivity index (χ2n) is 5.11. The van der Waals surface area contributed by atoms with Crippen molar-refractivity contribution in [1.82, 2.24) is 4.90 Å². The first-order valence-electron chi connectivity index (χ1n) is 6.95. The first kappa shape index (κ1) is 15.8. The predicted octanol–water partition coefficient (Wildman–Crippen LogP) is 4.60. The van der Waals surface area contributed by atoms with Crippen LogP contribution in [-0.2, 0) is 0 Å². The van der Waals surface area contributed by atoms with Crippen LogP contribution in [0.1, 0.15) is 42.5 Å². The molecule has 0 bridgehead atoms. The van der Waals surface area contributed by atoms with Gasteiger partial charge in [-0.1, -0.05) is 19.3 Å². The van der Waals surface area contributed by atoms with Crippen LogP contribution in [0.4, 0.5) is 4.39 Å². The normalized spacial score (nSPS) is 16.1. The molecule has 1 saturated carbocycles. The van der Waals surface area contributed by atoms with E-state index in [1.54, 1.807) is 6.07 Å². The van der Waals surface area contributed by atoms with E-state index in [0.29, 0.717) is 22.5 Å². The van der Waals surface area contributed by atoms with E-state index < -0.39 is 0 Å². The summed E-state index contributed by atoms with van der Waals surface area (Å²) in [6.45, 7) is 0.542. The second-order valence-corrected chi connectivity index (χ2v) is 6.34. The topological polar surface area (TPSA) is 20.3 Å². The van der Waals surface area contributed by atoms with Crippen molar-refractivity contribution < 1.29 is 9.18 Å². The fourth-order valence-corrected chi connectivity index (χ4v) is 3.29. The third kappa shape index (κ3) is 3.73. The largest absolute Gasteiger partial charge is 0.334 e. The third-order valence-electron chi connectivity index (χ3n) is 3.77. The number of rotatable bonds is 4. The lowest BCUT2D eigenvalue weighted by Crippen LogP contribution is -2.42.